The van der Waals surface area contributed by atoms with Crippen molar-refractivity contribution in [1.29, 1.82) is 0 Å². The Kier molecular flexibility index (Phi) is 4.47. The summed E-state index contributed by atoms with van der Waals surface area (Å²) < 4.78 is 6.86. The molecule has 2 aromatic rings. The van der Waals surface area contributed by atoms with Gasteiger partial charge in [-0.25, -0.2) is 0 Å². The number of hydrogen-bond acceptors (Lipinski definition) is 5. The zero-order valence-electron chi connectivity index (χ0n) is 9.73. The lowest BCUT2D eigenvalue weighted by molar-refractivity contribution is 0.367. The van der Waals surface area contributed by atoms with Crippen LogP contribution in [0.15, 0.2) is 25.7 Å². The zero-order valence-corrected chi connectivity index (χ0v) is 12.9. The highest BCUT2D eigenvalue weighted by molar-refractivity contribution is 9.11. The molecule has 18 heavy (non-hydrogen) atoms. The van der Waals surface area contributed by atoms with Crippen molar-refractivity contribution in [3.63, 3.8) is 0 Å². The van der Waals surface area contributed by atoms with Gasteiger partial charge in [-0.2, -0.15) is 4.98 Å². The number of hydrogen-bond donors (Lipinski definition) is 1. The molecule has 0 saturated heterocycles. The third-order valence-electron chi connectivity index (χ3n) is 2.45. The second-order valence-corrected chi connectivity index (χ2v) is 5.64. The summed E-state index contributed by atoms with van der Waals surface area (Å²) in [5, 5.41) is 3.91. The minimum Gasteiger partial charge on any atom is -0.339 e. The van der Waals surface area contributed by atoms with Crippen molar-refractivity contribution in [3.8, 4) is 11.5 Å². The lowest BCUT2D eigenvalue weighted by atomic mass is 10.2. The van der Waals surface area contributed by atoms with E-state index < -0.39 is 0 Å². The minimum atomic E-state index is 0.0413. The third kappa shape index (κ3) is 3.15. The number of aromatic nitrogens is 3. The van der Waals surface area contributed by atoms with Crippen LogP contribution in [0.4, 0.5) is 0 Å². The predicted molar refractivity (Wildman–Crippen MR) is 74.9 cm³/mol. The average Bonchev–Trinajstić information content (AvgIpc) is 2.77. The van der Waals surface area contributed by atoms with Crippen LogP contribution >= 0.6 is 31.9 Å². The second-order valence-electron chi connectivity index (χ2n) is 3.87. The largest absolute Gasteiger partial charge is 0.339 e. The summed E-state index contributed by atoms with van der Waals surface area (Å²) in [6, 6.07) is 1.93. The normalized spacial score (nSPS) is 12.7. The van der Waals surface area contributed by atoms with E-state index in [0.717, 1.165) is 15.4 Å². The van der Waals surface area contributed by atoms with Gasteiger partial charge in [-0.05, 0) is 44.3 Å². The van der Waals surface area contributed by atoms with Crippen LogP contribution in [0.2, 0.25) is 0 Å². The number of nitrogens with two attached hydrogens (primary N) is 1. The summed E-state index contributed by atoms with van der Waals surface area (Å²) in [5.74, 6) is 1.00. The first-order valence-electron chi connectivity index (χ1n) is 5.49. The van der Waals surface area contributed by atoms with Gasteiger partial charge in [0.2, 0.25) is 11.7 Å². The van der Waals surface area contributed by atoms with E-state index in [-0.39, 0.29) is 6.04 Å². The van der Waals surface area contributed by atoms with E-state index in [9.17, 15) is 0 Å². The van der Waals surface area contributed by atoms with E-state index in [2.05, 4.69) is 47.0 Å². The molecule has 2 heterocycles. The van der Waals surface area contributed by atoms with Crippen molar-refractivity contribution in [2.45, 2.75) is 25.8 Å². The molecule has 7 heteroatoms. The van der Waals surface area contributed by atoms with Crippen LogP contribution in [0.5, 0.6) is 0 Å². The Morgan fingerprint density at radius 2 is 2.22 bits per heavy atom. The molecule has 0 spiro atoms. The lowest BCUT2D eigenvalue weighted by Crippen LogP contribution is -2.21. The Hall–Kier alpha value is -0.790. The van der Waals surface area contributed by atoms with E-state index in [1.54, 1.807) is 6.20 Å². The molecule has 0 amide bonds. The molecule has 0 aromatic carbocycles. The van der Waals surface area contributed by atoms with Gasteiger partial charge in [0, 0.05) is 27.6 Å². The third-order valence-corrected chi connectivity index (χ3v) is 3.49. The highest BCUT2D eigenvalue weighted by atomic mass is 79.9. The molecule has 1 unspecified atom stereocenters. The Morgan fingerprint density at radius 3 is 2.89 bits per heavy atom. The molecule has 0 aliphatic carbocycles. The molecule has 2 N–H and O–H groups in total. The number of halogens is 2. The fourth-order valence-corrected chi connectivity index (χ4v) is 2.55. The van der Waals surface area contributed by atoms with Gasteiger partial charge in [-0.15, -0.1) is 0 Å². The van der Waals surface area contributed by atoms with Crippen LogP contribution in [-0.4, -0.2) is 21.2 Å². The Balaban J connectivity index is 2.24. The highest BCUT2D eigenvalue weighted by Crippen LogP contribution is 2.26. The summed E-state index contributed by atoms with van der Waals surface area (Å²) in [6.07, 6.45) is 3.14. The molecule has 0 aliphatic heterocycles. The minimum absolute atomic E-state index is 0.0413. The first-order valence-corrected chi connectivity index (χ1v) is 7.08. The van der Waals surface area contributed by atoms with E-state index in [1.807, 2.05) is 13.0 Å². The first kappa shape index (κ1) is 13.6. The smallest absolute Gasteiger partial charge is 0.228 e. The van der Waals surface area contributed by atoms with Gasteiger partial charge in [0.15, 0.2) is 0 Å². The van der Waals surface area contributed by atoms with E-state index in [4.69, 9.17) is 10.3 Å². The Morgan fingerprint density at radius 1 is 1.44 bits per heavy atom. The summed E-state index contributed by atoms with van der Waals surface area (Å²) in [6.45, 7) is 2.02. The van der Waals surface area contributed by atoms with Crippen LogP contribution < -0.4 is 5.73 Å². The van der Waals surface area contributed by atoms with E-state index >= 15 is 0 Å². The molecule has 2 rings (SSSR count). The second kappa shape index (κ2) is 5.90. The van der Waals surface area contributed by atoms with Gasteiger partial charge in [-0.1, -0.05) is 12.1 Å². The molecule has 0 bridgehead atoms. The Labute approximate surface area is 121 Å². The average molecular weight is 376 g/mol. The number of rotatable bonds is 4. The summed E-state index contributed by atoms with van der Waals surface area (Å²) in [5.41, 5.74) is 6.50. The molecular formula is C11H12Br2N4O. The fourth-order valence-electron chi connectivity index (χ4n) is 1.38. The molecule has 2 aromatic heterocycles. The standard InChI is InChI=1S/C11H12Br2N4O/c1-2-7(14)4-9-16-11(17-18-9)10-8(13)3-6(12)5-15-10/h3,5,7H,2,4,14H2,1H3. The molecular weight excluding hydrogens is 364 g/mol. The Bertz CT molecular complexity index is 544. The monoisotopic (exact) mass is 374 g/mol. The molecule has 0 fully saturated rings. The number of pyridine rings is 1. The SMILES string of the molecule is CCC(N)Cc1nc(-c2ncc(Br)cc2Br)no1. The van der Waals surface area contributed by atoms with Crippen molar-refractivity contribution >= 4 is 31.9 Å². The summed E-state index contributed by atoms with van der Waals surface area (Å²) in [7, 11) is 0. The molecule has 0 aliphatic rings. The van der Waals surface area contributed by atoms with E-state index in [0.29, 0.717) is 23.8 Å². The molecule has 0 saturated carbocycles. The molecule has 5 nitrogen and oxygen atoms in total. The maximum absolute atomic E-state index is 5.84. The highest BCUT2D eigenvalue weighted by Gasteiger charge is 2.14. The van der Waals surface area contributed by atoms with Crippen molar-refractivity contribution in [2.24, 2.45) is 5.73 Å². The fraction of sp³-hybridized carbons (Fsp3) is 0.364. The van der Waals surface area contributed by atoms with Crippen molar-refractivity contribution in [2.75, 3.05) is 0 Å². The summed E-state index contributed by atoms with van der Waals surface area (Å²) in [4.78, 5) is 8.54. The molecule has 96 valence electrons. The van der Waals surface area contributed by atoms with Gasteiger partial charge < -0.3 is 10.3 Å². The van der Waals surface area contributed by atoms with Gasteiger partial charge in [-0.3, -0.25) is 4.98 Å². The van der Waals surface area contributed by atoms with Crippen LogP contribution in [0.1, 0.15) is 19.2 Å². The zero-order chi connectivity index (χ0) is 13.1. The van der Waals surface area contributed by atoms with Crippen molar-refractivity contribution in [1.82, 2.24) is 15.1 Å². The van der Waals surface area contributed by atoms with Gasteiger partial charge in [0.1, 0.15) is 5.69 Å². The maximum atomic E-state index is 5.84. The van der Waals surface area contributed by atoms with E-state index in [1.165, 1.54) is 0 Å². The molecule has 0 radical (unpaired) electrons. The molecule has 1 atom stereocenters. The van der Waals surface area contributed by atoms with Crippen LogP contribution in [0.25, 0.3) is 11.5 Å². The van der Waals surface area contributed by atoms with Gasteiger partial charge in [0.05, 0.1) is 0 Å². The van der Waals surface area contributed by atoms with Crippen LogP contribution in [0, 0.1) is 0 Å². The van der Waals surface area contributed by atoms with Crippen molar-refractivity contribution < 1.29 is 4.52 Å². The van der Waals surface area contributed by atoms with Crippen LogP contribution in [-0.2, 0) is 6.42 Å². The summed E-state index contributed by atoms with van der Waals surface area (Å²) >= 11 is 6.76. The van der Waals surface area contributed by atoms with Gasteiger partial charge in [0.25, 0.3) is 0 Å². The van der Waals surface area contributed by atoms with Gasteiger partial charge >= 0.3 is 0 Å². The topological polar surface area (TPSA) is 77.8 Å². The lowest BCUT2D eigenvalue weighted by Gasteiger charge is -2.02. The first-order chi connectivity index (χ1) is 8.60. The quantitative estimate of drug-likeness (QED) is 0.888. The van der Waals surface area contributed by atoms with Crippen LogP contribution in [0.3, 0.4) is 0 Å². The van der Waals surface area contributed by atoms with Crippen molar-refractivity contribution in [3.05, 3.63) is 27.1 Å². The number of nitrogens with zero attached hydrogens (tertiary/aromatic N) is 3. The predicted octanol–water partition coefficient (Wildman–Crippen LogP) is 2.94. The maximum Gasteiger partial charge on any atom is 0.228 e.